The highest BCUT2D eigenvalue weighted by Gasteiger charge is 2.24. The monoisotopic (exact) mass is 358 g/mol. The molecule has 1 amide bonds. The number of nitrogens with one attached hydrogen (secondary N) is 2. The lowest BCUT2D eigenvalue weighted by atomic mass is 9.87. The molecule has 6 nitrogen and oxygen atoms in total. The lowest BCUT2D eigenvalue weighted by Gasteiger charge is -2.20. The van der Waals surface area contributed by atoms with Crippen LogP contribution in [0, 0.1) is 13.8 Å². The molecule has 0 aliphatic carbocycles. The fourth-order valence-electron chi connectivity index (χ4n) is 2.77. The number of esters is 1. The summed E-state index contributed by atoms with van der Waals surface area (Å²) in [6, 6.07) is 5.14. The number of aromatic hydroxyl groups is 1. The quantitative estimate of drug-likeness (QED) is 0.568. The molecule has 0 radical (unpaired) electrons. The average molecular weight is 358 g/mol. The van der Waals surface area contributed by atoms with Gasteiger partial charge in [0.2, 0.25) is 0 Å². The number of aromatic nitrogens is 1. The molecule has 6 heteroatoms. The summed E-state index contributed by atoms with van der Waals surface area (Å²) in [5.74, 6) is -0.907. The zero-order valence-corrected chi connectivity index (χ0v) is 16.1. The predicted octanol–water partition coefficient (Wildman–Crippen LogP) is 4.06. The van der Waals surface area contributed by atoms with Gasteiger partial charge in [0, 0.05) is 5.69 Å². The maximum Gasteiger partial charge on any atom is 0.340 e. The Bertz CT molecular complexity index is 844. The normalized spacial score (nSPS) is 11.3. The van der Waals surface area contributed by atoms with Crippen LogP contribution in [0.3, 0.4) is 0 Å². The minimum Gasteiger partial charge on any atom is -0.506 e. The largest absolute Gasteiger partial charge is 0.506 e. The molecule has 0 bridgehead atoms. The molecule has 0 saturated carbocycles. The van der Waals surface area contributed by atoms with Gasteiger partial charge in [-0.1, -0.05) is 26.8 Å². The van der Waals surface area contributed by atoms with Gasteiger partial charge in [-0.2, -0.15) is 0 Å². The van der Waals surface area contributed by atoms with E-state index in [0.717, 1.165) is 5.56 Å². The van der Waals surface area contributed by atoms with Gasteiger partial charge in [0.05, 0.1) is 17.9 Å². The van der Waals surface area contributed by atoms with Gasteiger partial charge >= 0.3 is 5.97 Å². The summed E-state index contributed by atoms with van der Waals surface area (Å²) in [4.78, 5) is 27.7. The summed E-state index contributed by atoms with van der Waals surface area (Å²) in [6.45, 7) is 11.6. The van der Waals surface area contributed by atoms with Crippen LogP contribution in [0.25, 0.3) is 0 Å². The van der Waals surface area contributed by atoms with Crippen molar-refractivity contribution in [3.8, 4) is 5.75 Å². The van der Waals surface area contributed by atoms with Gasteiger partial charge < -0.3 is 20.1 Å². The van der Waals surface area contributed by atoms with Crippen molar-refractivity contribution >= 4 is 17.6 Å². The van der Waals surface area contributed by atoms with E-state index >= 15 is 0 Å². The third-order valence-corrected chi connectivity index (χ3v) is 4.25. The molecule has 0 aliphatic rings. The number of aromatic amines is 1. The fraction of sp³-hybridized carbons (Fsp3) is 0.400. The first-order valence-electron chi connectivity index (χ1n) is 8.57. The summed E-state index contributed by atoms with van der Waals surface area (Å²) in [5.41, 5.74) is 2.91. The van der Waals surface area contributed by atoms with Crippen molar-refractivity contribution in [3.63, 3.8) is 0 Å². The first-order chi connectivity index (χ1) is 12.1. The van der Waals surface area contributed by atoms with Crippen molar-refractivity contribution in [1.82, 2.24) is 4.98 Å². The van der Waals surface area contributed by atoms with Crippen LogP contribution in [0.2, 0.25) is 0 Å². The lowest BCUT2D eigenvalue weighted by Crippen LogP contribution is -2.16. The molecule has 2 rings (SSSR count). The average Bonchev–Trinajstić information content (AvgIpc) is 2.83. The van der Waals surface area contributed by atoms with E-state index in [9.17, 15) is 14.7 Å². The Morgan fingerprint density at radius 3 is 2.46 bits per heavy atom. The maximum atomic E-state index is 12.7. The maximum absolute atomic E-state index is 12.7. The number of aryl methyl sites for hydroxylation is 1. The SMILES string of the molecule is CCOC(=O)c1c(C)[nH]c(C(=O)Nc2cc(C(C)(C)C)ccc2O)c1C. The molecule has 0 unspecified atom stereocenters. The number of phenols is 1. The molecule has 2 aromatic rings. The summed E-state index contributed by atoms with van der Waals surface area (Å²) in [7, 11) is 0. The van der Waals surface area contributed by atoms with Crippen molar-refractivity contribution in [2.75, 3.05) is 11.9 Å². The summed E-state index contributed by atoms with van der Waals surface area (Å²) >= 11 is 0. The van der Waals surface area contributed by atoms with Crippen LogP contribution in [0.4, 0.5) is 5.69 Å². The van der Waals surface area contributed by atoms with Crippen molar-refractivity contribution in [3.05, 3.63) is 46.3 Å². The molecular weight excluding hydrogens is 332 g/mol. The Morgan fingerprint density at radius 2 is 1.88 bits per heavy atom. The predicted molar refractivity (Wildman–Crippen MR) is 101 cm³/mol. The minimum atomic E-state index is -0.463. The van der Waals surface area contributed by atoms with Crippen molar-refractivity contribution in [2.45, 2.75) is 47.0 Å². The Hall–Kier alpha value is -2.76. The number of ether oxygens (including phenoxy) is 1. The summed E-state index contributed by atoms with van der Waals surface area (Å²) in [5, 5.41) is 12.8. The van der Waals surface area contributed by atoms with Crippen molar-refractivity contribution < 1.29 is 19.4 Å². The molecular formula is C20H26N2O4. The van der Waals surface area contributed by atoms with E-state index in [1.807, 2.05) is 6.07 Å². The molecule has 3 N–H and O–H groups in total. The Morgan fingerprint density at radius 1 is 1.23 bits per heavy atom. The van der Waals surface area contributed by atoms with Crippen LogP contribution >= 0.6 is 0 Å². The third-order valence-electron chi connectivity index (χ3n) is 4.25. The van der Waals surface area contributed by atoms with Crippen LogP contribution in [-0.2, 0) is 10.2 Å². The highest BCUT2D eigenvalue weighted by molar-refractivity contribution is 6.07. The van der Waals surface area contributed by atoms with Crippen molar-refractivity contribution in [1.29, 1.82) is 0 Å². The van der Waals surface area contributed by atoms with Gasteiger partial charge in [0.15, 0.2) is 0 Å². The zero-order chi connectivity index (χ0) is 19.6. The van der Waals surface area contributed by atoms with Gasteiger partial charge in [-0.25, -0.2) is 4.79 Å². The van der Waals surface area contributed by atoms with Crippen LogP contribution in [-0.4, -0.2) is 28.6 Å². The number of phenolic OH excluding ortho intramolecular Hbond substituents is 1. The number of H-pyrrole nitrogens is 1. The second kappa shape index (κ2) is 7.23. The molecule has 0 fully saturated rings. The number of rotatable bonds is 4. The van der Waals surface area contributed by atoms with Crippen LogP contribution in [0.5, 0.6) is 5.75 Å². The molecule has 0 spiro atoms. The smallest absolute Gasteiger partial charge is 0.340 e. The Kier molecular flexibility index (Phi) is 5.44. The molecule has 1 heterocycles. The van der Waals surface area contributed by atoms with Crippen LogP contribution in [0.15, 0.2) is 18.2 Å². The Labute approximate surface area is 153 Å². The number of amides is 1. The zero-order valence-electron chi connectivity index (χ0n) is 16.1. The number of hydrogen-bond acceptors (Lipinski definition) is 4. The first kappa shape index (κ1) is 19.6. The van der Waals surface area contributed by atoms with Gasteiger partial charge in [-0.15, -0.1) is 0 Å². The topological polar surface area (TPSA) is 91.4 Å². The van der Waals surface area contributed by atoms with Gasteiger partial charge in [0.1, 0.15) is 11.4 Å². The van der Waals surface area contributed by atoms with Crippen molar-refractivity contribution in [2.24, 2.45) is 0 Å². The van der Waals surface area contributed by atoms with E-state index < -0.39 is 11.9 Å². The molecule has 1 aromatic heterocycles. The number of benzene rings is 1. The van der Waals surface area contributed by atoms with Gasteiger partial charge in [0.25, 0.3) is 5.91 Å². The highest BCUT2D eigenvalue weighted by Crippen LogP contribution is 2.31. The van der Waals surface area contributed by atoms with Gasteiger partial charge in [-0.05, 0) is 49.4 Å². The minimum absolute atomic E-state index is 0.0158. The van der Waals surface area contributed by atoms with E-state index in [0.29, 0.717) is 22.5 Å². The van der Waals surface area contributed by atoms with Crippen LogP contribution < -0.4 is 5.32 Å². The fourth-order valence-corrected chi connectivity index (χ4v) is 2.77. The molecule has 0 atom stereocenters. The molecule has 0 saturated heterocycles. The second-order valence-electron chi connectivity index (χ2n) is 7.28. The third kappa shape index (κ3) is 3.90. The highest BCUT2D eigenvalue weighted by atomic mass is 16.5. The molecule has 1 aromatic carbocycles. The molecule has 140 valence electrons. The van der Waals surface area contributed by atoms with E-state index in [1.54, 1.807) is 32.9 Å². The number of carbonyl (C=O) groups excluding carboxylic acids is 2. The first-order valence-corrected chi connectivity index (χ1v) is 8.57. The molecule has 0 aliphatic heterocycles. The van der Waals surface area contributed by atoms with E-state index in [1.165, 1.54) is 0 Å². The van der Waals surface area contributed by atoms with Crippen LogP contribution in [0.1, 0.15) is 65.4 Å². The van der Waals surface area contributed by atoms with Gasteiger partial charge in [-0.3, -0.25) is 4.79 Å². The number of carbonyl (C=O) groups is 2. The standard InChI is InChI=1S/C20H26N2O4/c1-7-26-19(25)16-11(2)17(21-12(16)3)18(24)22-14-10-13(20(4,5)6)8-9-15(14)23/h8-10,21,23H,7H2,1-6H3,(H,22,24). The second-order valence-corrected chi connectivity index (χ2v) is 7.28. The van der Waals surface area contributed by atoms with E-state index in [4.69, 9.17) is 4.74 Å². The Balaban J connectivity index is 2.35. The number of anilines is 1. The van der Waals surface area contributed by atoms with E-state index in [-0.39, 0.29) is 23.5 Å². The lowest BCUT2D eigenvalue weighted by molar-refractivity contribution is 0.0525. The number of hydrogen-bond donors (Lipinski definition) is 3. The summed E-state index contributed by atoms with van der Waals surface area (Å²) < 4.78 is 5.04. The summed E-state index contributed by atoms with van der Waals surface area (Å²) in [6.07, 6.45) is 0. The van der Waals surface area contributed by atoms with E-state index in [2.05, 4.69) is 31.1 Å². The molecule has 26 heavy (non-hydrogen) atoms.